The summed E-state index contributed by atoms with van der Waals surface area (Å²) in [4.78, 5) is 58.6. The molecule has 23 nitrogen and oxygen atoms in total. The van der Waals surface area contributed by atoms with Crippen molar-refractivity contribution in [1.82, 2.24) is 69.8 Å². The summed E-state index contributed by atoms with van der Waals surface area (Å²) in [5, 5.41) is 1.99. The number of rotatable bonds is 0. The largest absolute Gasteiger partial charge is 0.397 e. The van der Waals surface area contributed by atoms with E-state index in [-0.39, 0.29) is 44.4 Å². The molecule has 0 aliphatic rings. The molecule has 0 saturated heterocycles. The molecule has 0 bridgehead atoms. The zero-order valence-corrected chi connectivity index (χ0v) is 56.9. The van der Waals surface area contributed by atoms with E-state index in [0.717, 1.165) is 66.1 Å². The first kappa shape index (κ1) is 69.9. The first-order valence-electron chi connectivity index (χ1n) is 30.3. The third kappa shape index (κ3) is 18.5. The predicted octanol–water partition coefficient (Wildman–Crippen LogP) is 12.6. The summed E-state index contributed by atoms with van der Waals surface area (Å²) in [6, 6.07) is 21.2. The summed E-state index contributed by atoms with van der Waals surface area (Å²) in [7, 11) is 0. The van der Waals surface area contributed by atoms with Gasteiger partial charge in [0, 0.05) is 54.0 Å². The second-order valence-electron chi connectivity index (χ2n) is 28.9. The van der Waals surface area contributed by atoms with Crippen molar-refractivity contribution in [2.45, 2.75) is 157 Å². The van der Waals surface area contributed by atoms with Gasteiger partial charge in [0.1, 0.15) is 45.3 Å². The minimum atomic E-state index is 0.0235. The molecule has 0 spiro atoms. The maximum atomic E-state index is 5.83. The molecule has 0 amide bonds. The molecular weight excluding hydrogens is 1160 g/mol. The summed E-state index contributed by atoms with van der Waals surface area (Å²) < 4.78 is 0. The normalized spacial score (nSPS) is 11.9. The molecule has 0 fully saturated rings. The van der Waals surface area contributed by atoms with Crippen LogP contribution in [-0.2, 0) is 32.5 Å². The van der Waals surface area contributed by atoms with Gasteiger partial charge in [-0.25, -0.2) is 34.9 Å². The van der Waals surface area contributed by atoms with E-state index in [4.69, 9.17) is 51.6 Å². The molecule has 12 aromatic heterocycles. The zero-order chi connectivity index (χ0) is 68.9. The van der Waals surface area contributed by atoms with Crippen molar-refractivity contribution in [2.75, 3.05) is 51.6 Å². The Morgan fingerprint density at radius 2 is 0.613 bits per heavy atom. The fourth-order valence-electron chi connectivity index (χ4n) is 8.87. The number of hydrogen-bond donors (Lipinski definition) is 9. The van der Waals surface area contributed by atoms with Crippen molar-refractivity contribution in [1.29, 1.82) is 0 Å². The molecule has 18 N–H and O–H groups in total. The highest BCUT2D eigenvalue weighted by molar-refractivity contribution is 5.90. The summed E-state index contributed by atoms with van der Waals surface area (Å²) in [6.45, 7) is 38.5. The Bertz CT molecular complexity index is 4170. The molecule has 12 heterocycles. The second-order valence-corrected chi connectivity index (χ2v) is 28.9. The van der Waals surface area contributed by atoms with Crippen LogP contribution in [0.5, 0.6) is 0 Å². The number of nitrogen functional groups attached to an aromatic ring is 9. The van der Waals surface area contributed by atoms with E-state index < -0.39 is 0 Å². The van der Waals surface area contributed by atoms with Crippen molar-refractivity contribution in [2.24, 2.45) is 0 Å². The molecule has 12 rings (SSSR count). The van der Waals surface area contributed by atoms with Gasteiger partial charge >= 0.3 is 0 Å². The molecule has 0 aliphatic carbocycles. The molecular formula is C70H91N23. The number of pyridine rings is 10. The number of anilines is 9. The third-order valence-corrected chi connectivity index (χ3v) is 14.8. The minimum Gasteiger partial charge on any atom is -0.397 e. The van der Waals surface area contributed by atoms with E-state index in [1.54, 1.807) is 36.8 Å². The lowest BCUT2D eigenvalue weighted by Gasteiger charge is -2.19. The minimum absolute atomic E-state index is 0.0235. The number of hydrogen-bond acceptors (Lipinski definition) is 23. The van der Waals surface area contributed by atoms with Crippen LogP contribution in [0.4, 0.5) is 52.5 Å². The van der Waals surface area contributed by atoms with E-state index in [2.05, 4.69) is 213 Å². The molecule has 0 radical (unpaired) electrons. The molecule has 12 aromatic rings. The van der Waals surface area contributed by atoms with Crippen LogP contribution in [0.1, 0.15) is 158 Å². The van der Waals surface area contributed by atoms with Gasteiger partial charge in [-0.15, -0.1) is 0 Å². The van der Waals surface area contributed by atoms with Gasteiger partial charge in [-0.2, -0.15) is 4.98 Å². The van der Waals surface area contributed by atoms with Crippen LogP contribution in [0.2, 0.25) is 0 Å². The Labute approximate surface area is 544 Å². The Balaban J connectivity index is 0.000000158. The van der Waals surface area contributed by atoms with Crippen LogP contribution >= 0.6 is 0 Å². The highest BCUT2D eigenvalue weighted by Crippen LogP contribution is 2.31. The van der Waals surface area contributed by atoms with Gasteiger partial charge in [-0.3, -0.25) is 29.9 Å². The highest BCUT2D eigenvalue weighted by Gasteiger charge is 2.21. The van der Waals surface area contributed by atoms with Crippen molar-refractivity contribution in [3.05, 3.63) is 150 Å². The summed E-state index contributed by atoms with van der Waals surface area (Å²) >= 11 is 0. The average Bonchev–Trinajstić information content (AvgIpc) is 0.869. The second kappa shape index (κ2) is 27.1. The lowest BCUT2D eigenvalue weighted by Crippen LogP contribution is -2.12. The van der Waals surface area contributed by atoms with Gasteiger partial charge < -0.3 is 51.6 Å². The van der Waals surface area contributed by atoms with E-state index in [1.807, 2.05) is 61.3 Å². The molecule has 93 heavy (non-hydrogen) atoms. The van der Waals surface area contributed by atoms with E-state index in [0.29, 0.717) is 62.7 Å². The van der Waals surface area contributed by atoms with Crippen molar-refractivity contribution in [3.8, 4) is 0 Å². The lowest BCUT2D eigenvalue weighted by molar-refractivity contribution is 0.588. The zero-order valence-electron chi connectivity index (χ0n) is 56.9. The molecule has 486 valence electrons. The number of nitrogens with zero attached hydrogens (tertiary/aromatic N) is 14. The first-order valence-corrected chi connectivity index (χ1v) is 30.3. The molecule has 23 heteroatoms. The van der Waals surface area contributed by atoms with Crippen molar-refractivity contribution < 1.29 is 0 Å². The summed E-state index contributed by atoms with van der Waals surface area (Å²) in [5.41, 5.74) is 66.6. The molecule has 0 saturated carbocycles. The van der Waals surface area contributed by atoms with Gasteiger partial charge in [0.25, 0.3) is 0 Å². The standard InChI is InChI=1S/2C12H16N4.2C12H15N3.C11H15N5.C11H14N4/c1-12(2,3)7-4-9-11(15-6-7)8(13)5-10(14)16-9;1-12(2,3)8-4-7-5-9(13)16-11(14)10(7)15-6-8;1-12(2,3)9-4-8-5-11(13)15-7-10(8)14-6-9;1-12(2,3)8-6-10-9(14-7-8)4-5-11(13)15-10;1-11(2,3)6-4-7-8(14-5-6)9(12)16-10(13)15-7;1-11(2,3)7-4-8-9(13-5-7)6-14-10(12)15-8/h2*4-6H,1-3H3,(H4,13,14,16);2*4-7H,1-3H3,(H2,13,15);4-5H,1-3H3,(H4,12,13,15,16);4-6H,1-3H3,(H2,12,14,15). The third-order valence-electron chi connectivity index (χ3n) is 14.8. The van der Waals surface area contributed by atoms with Crippen LogP contribution in [0.3, 0.4) is 0 Å². The van der Waals surface area contributed by atoms with Crippen LogP contribution in [0.25, 0.3) is 65.9 Å². The van der Waals surface area contributed by atoms with Crippen LogP contribution in [0.15, 0.2) is 116 Å². The van der Waals surface area contributed by atoms with Crippen molar-refractivity contribution >= 4 is 118 Å². The lowest BCUT2D eigenvalue weighted by atomic mass is 9.88. The Hall–Kier alpha value is -10.6. The van der Waals surface area contributed by atoms with E-state index in [1.165, 1.54) is 11.1 Å². The van der Waals surface area contributed by atoms with Crippen molar-refractivity contribution in [3.63, 3.8) is 0 Å². The SMILES string of the molecule is CC(C)(C)c1cnc2c(N)cc(N)nc2c1.CC(C)(C)c1cnc2c(N)nc(N)cc2c1.CC(C)(C)c1cnc2c(N)nc(N)nc2c1.CC(C)(C)c1cnc2ccc(N)nc2c1.CC(C)(C)c1cnc2cnc(N)cc2c1.CC(C)(C)c1cnc2cnc(N)nc2c1. The van der Waals surface area contributed by atoms with Crippen LogP contribution in [-0.4, -0.2) is 69.8 Å². The van der Waals surface area contributed by atoms with Gasteiger partial charge in [0.05, 0.1) is 51.2 Å². The quantitative estimate of drug-likeness (QED) is 0.0681. The topological polar surface area (TPSA) is 415 Å². The molecule has 0 aromatic carbocycles. The Kier molecular flexibility index (Phi) is 20.4. The van der Waals surface area contributed by atoms with E-state index >= 15 is 0 Å². The molecule has 0 atom stereocenters. The number of fused-ring (bicyclic) bond motifs is 6. The Morgan fingerprint density at radius 1 is 0.237 bits per heavy atom. The smallest absolute Gasteiger partial charge is 0.222 e. The van der Waals surface area contributed by atoms with Crippen LogP contribution in [0, 0.1) is 0 Å². The van der Waals surface area contributed by atoms with Gasteiger partial charge in [-0.1, -0.05) is 125 Å². The van der Waals surface area contributed by atoms with Crippen LogP contribution < -0.4 is 51.6 Å². The monoisotopic (exact) mass is 1250 g/mol. The highest BCUT2D eigenvalue weighted by atomic mass is 15.1. The maximum Gasteiger partial charge on any atom is 0.222 e. The van der Waals surface area contributed by atoms with Gasteiger partial charge in [0.15, 0.2) is 11.6 Å². The Morgan fingerprint density at radius 3 is 1.15 bits per heavy atom. The van der Waals surface area contributed by atoms with Gasteiger partial charge in [0.2, 0.25) is 11.9 Å². The maximum absolute atomic E-state index is 5.83. The van der Waals surface area contributed by atoms with E-state index in [9.17, 15) is 0 Å². The fraction of sp³-hybridized carbons (Fsp3) is 0.343. The average molecular weight is 1250 g/mol. The predicted molar refractivity (Wildman–Crippen MR) is 385 cm³/mol. The molecule has 0 aliphatic heterocycles. The fourth-order valence-corrected chi connectivity index (χ4v) is 8.87. The number of nitrogens with two attached hydrogens (primary N) is 9. The first-order chi connectivity index (χ1) is 43.0. The molecule has 0 unspecified atom stereocenters. The number of aromatic nitrogens is 14. The summed E-state index contributed by atoms with van der Waals surface area (Å²) in [5.74, 6) is 3.10. The van der Waals surface area contributed by atoms with Gasteiger partial charge in [-0.05, 0) is 127 Å². The summed E-state index contributed by atoms with van der Waals surface area (Å²) in [6.07, 6.45) is 14.5.